The summed E-state index contributed by atoms with van der Waals surface area (Å²) < 4.78 is 0. The van der Waals surface area contributed by atoms with Crippen molar-refractivity contribution in [1.29, 1.82) is 0 Å². The van der Waals surface area contributed by atoms with E-state index in [-0.39, 0.29) is 0 Å². The Kier molecular flexibility index (Phi) is 3.51. The van der Waals surface area contributed by atoms with Gasteiger partial charge in [-0.3, -0.25) is 0 Å². The molecular weight excluding hydrogens is 226 g/mol. The summed E-state index contributed by atoms with van der Waals surface area (Å²) in [7, 11) is 1.84. The van der Waals surface area contributed by atoms with Crippen LogP contribution in [0.5, 0.6) is 0 Å². The molecule has 0 fully saturated rings. The molecule has 0 aromatic heterocycles. The fourth-order valence-electron chi connectivity index (χ4n) is 2.30. The van der Waals surface area contributed by atoms with Gasteiger partial charge in [0.15, 0.2) is 0 Å². The highest BCUT2D eigenvalue weighted by Crippen LogP contribution is 2.27. The van der Waals surface area contributed by atoms with Crippen LogP contribution < -0.4 is 4.90 Å². The zero-order chi connectivity index (χ0) is 13.1. The molecule has 94 valence electrons. The first-order valence-electron chi connectivity index (χ1n) is 6.08. The Bertz CT molecular complexity index is 560. The van der Waals surface area contributed by atoms with Crippen LogP contribution in [0.15, 0.2) is 42.5 Å². The summed E-state index contributed by atoms with van der Waals surface area (Å²) in [4.78, 5) is 13.1. The van der Waals surface area contributed by atoms with Crippen LogP contribution in [0.2, 0.25) is 0 Å². The van der Waals surface area contributed by atoms with Crippen molar-refractivity contribution in [3.8, 4) is 0 Å². The average Bonchev–Trinajstić information content (AvgIpc) is 2.38. The molecular formula is C15H17NO2. The smallest absolute Gasteiger partial charge is 0.326 e. The molecule has 2 aromatic rings. The molecule has 18 heavy (non-hydrogen) atoms. The highest BCUT2D eigenvalue weighted by molar-refractivity contribution is 5.95. The molecule has 0 spiro atoms. The van der Waals surface area contributed by atoms with Gasteiger partial charge in [0.25, 0.3) is 0 Å². The number of aliphatic carboxylic acids is 1. The number of carbonyl (C=O) groups is 1. The number of benzene rings is 2. The molecule has 0 saturated heterocycles. The van der Waals surface area contributed by atoms with E-state index >= 15 is 0 Å². The largest absolute Gasteiger partial charge is 0.480 e. The maximum absolute atomic E-state index is 11.2. The van der Waals surface area contributed by atoms with Gasteiger partial charge in [0.1, 0.15) is 6.04 Å². The van der Waals surface area contributed by atoms with Crippen molar-refractivity contribution in [2.75, 3.05) is 11.9 Å². The Morgan fingerprint density at radius 3 is 2.56 bits per heavy atom. The Hall–Kier alpha value is -2.03. The molecule has 0 bridgehead atoms. The zero-order valence-electron chi connectivity index (χ0n) is 10.6. The molecule has 0 saturated carbocycles. The van der Waals surface area contributed by atoms with E-state index in [1.165, 1.54) is 0 Å². The number of rotatable bonds is 4. The van der Waals surface area contributed by atoms with E-state index in [0.717, 1.165) is 16.5 Å². The van der Waals surface area contributed by atoms with E-state index < -0.39 is 12.0 Å². The average molecular weight is 243 g/mol. The minimum Gasteiger partial charge on any atom is -0.480 e. The first-order chi connectivity index (χ1) is 8.65. The molecule has 2 rings (SSSR count). The number of nitrogens with zero attached hydrogens (tertiary/aromatic N) is 1. The van der Waals surface area contributed by atoms with Crippen LogP contribution in [-0.2, 0) is 4.79 Å². The fraction of sp³-hybridized carbons (Fsp3) is 0.267. The standard InChI is InChI=1S/C15H17NO2/c1-3-13(15(17)18)16(2)14-10-6-8-11-7-4-5-9-12(11)14/h4-10,13H,3H2,1-2H3,(H,17,18). The quantitative estimate of drug-likeness (QED) is 0.896. The predicted octanol–water partition coefficient (Wildman–Crippen LogP) is 3.14. The summed E-state index contributed by atoms with van der Waals surface area (Å²) in [5.41, 5.74) is 0.961. The monoisotopic (exact) mass is 243 g/mol. The highest BCUT2D eigenvalue weighted by atomic mass is 16.4. The van der Waals surface area contributed by atoms with E-state index in [4.69, 9.17) is 0 Å². The Morgan fingerprint density at radius 2 is 1.89 bits per heavy atom. The maximum atomic E-state index is 11.2. The van der Waals surface area contributed by atoms with Crippen molar-refractivity contribution in [3.05, 3.63) is 42.5 Å². The first-order valence-corrected chi connectivity index (χ1v) is 6.08. The predicted molar refractivity (Wildman–Crippen MR) is 74.1 cm³/mol. The number of fused-ring (bicyclic) bond motifs is 1. The molecule has 3 heteroatoms. The number of carboxylic acids is 1. The van der Waals surface area contributed by atoms with E-state index in [0.29, 0.717) is 6.42 Å². The van der Waals surface area contributed by atoms with Crippen LogP contribution >= 0.6 is 0 Å². The lowest BCUT2D eigenvalue weighted by Gasteiger charge is -2.27. The van der Waals surface area contributed by atoms with Gasteiger partial charge in [-0.2, -0.15) is 0 Å². The molecule has 0 radical (unpaired) electrons. The van der Waals surface area contributed by atoms with Crippen molar-refractivity contribution in [2.45, 2.75) is 19.4 Å². The van der Waals surface area contributed by atoms with Gasteiger partial charge in [0.2, 0.25) is 0 Å². The fourth-order valence-corrected chi connectivity index (χ4v) is 2.30. The van der Waals surface area contributed by atoms with Crippen LogP contribution in [0.1, 0.15) is 13.3 Å². The van der Waals surface area contributed by atoms with Crippen LogP contribution in [-0.4, -0.2) is 24.2 Å². The second-order valence-electron chi connectivity index (χ2n) is 4.37. The first kappa shape index (κ1) is 12.4. The summed E-state index contributed by atoms with van der Waals surface area (Å²) in [5, 5.41) is 11.4. The normalized spacial score (nSPS) is 12.3. The molecule has 1 N–H and O–H groups in total. The minimum atomic E-state index is -0.784. The lowest BCUT2D eigenvalue weighted by Crippen LogP contribution is -2.38. The molecule has 2 aromatic carbocycles. The lowest BCUT2D eigenvalue weighted by molar-refractivity contribution is -0.138. The highest BCUT2D eigenvalue weighted by Gasteiger charge is 2.21. The zero-order valence-corrected chi connectivity index (χ0v) is 10.6. The van der Waals surface area contributed by atoms with Crippen molar-refractivity contribution in [2.24, 2.45) is 0 Å². The van der Waals surface area contributed by atoms with Crippen molar-refractivity contribution in [1.82, 2.24) is 0 Å². The molecule has 0 aliphatic carbocycles. The number of anilines is 1. The third-order valence-electron chi connectivity index (χ3n) is 3.29. The number of hydrogen-bond acceptors (Lipinski definition) is 2. The Morgan fingerprint density at radius 1 is 1.22 bits per heavy atom. The van der Waals surface area contributed by atoms with Crippen LogP contribution in [0.4, 0.5) is 5.69 Å². The second-order valence-corrected chi connectivity index (χ2v) is 4.37. The third kappa shape index (κ3) is 2.16. The van der Waals surface area contributed by atoms with Crippen molar-refractivity contribution < 1.29 is 9.90 Å². The van der Waals surface area contributed by atoms with Gasteiger partial charge in [-0.25, -0.2) is 4.79 Å². The summed E-state index contributed by atoms with van der Waals surface area (Å²) in [6.07, 6.45) is 0.578. The van der Waals surface area contributed by atoms with Gasteiger partial charge in [0.05, 0.1) is 0 Å². The Balaban J connectivity index is 2.50. The van der Waals surface area contributed by atoms with E-state index in [1.807, 2.05) is 61.3 Å². The van der Waals surface area contributed by atoms with Gasteiger partial charge in [-0.05, 0) is 17.9 Å². The minimum absolute atomic E-state index is 0.490. The Labute approximate surface area is 107 Å². The molecule has 0 amide bonds. The lowest BCUT2D eigenvalue weighted by atomic mass is 10.1. The van der Waals surface area contributed by atoms with Crippen LogP contribution in [0, 0.1) is 0 Å². The molecule has 0 heterocycles. The van der Waals surface area contributed by atoms with Crippen LogP contribution in [0.25, 0.3) is 10.8 Å². The van der Waals surface area contributed by atoms with Crippen LogP contribution in [0.3, 0.4) is 0 Å². The molecule has 1 atom stereocenters. The second kappa shape index (κ2) is 5.08. The maximum Gasteiger partial charge on any atom is 0.326 e. The SMILES string of the molecule is CCC(C(=O)O)N(C)c1cccc2ccccc12. The molecule has 1 unspecified atom stereocenters. The summed E-state index contributed by atoms with van der Waals surface area (Å²) >= 11 is 0. The molecule has 3 nitrogen and oxygen atoms in total. The number of hydrogen-bond donors (Lipinski definition) is 1. The van der Waals surface area contributed by atoms with Crippen molar-refractivity contribution in [3.63, 3.8) is 0 Å². The summed E-state index contributed by atoms with van der Waals surface area (Å²) in [6.45, 7) is 1.89. The van der Waals surface area contributed by atoms with Gasteiger partial charge < -0.3 is 10.0 Å². The summed E-state index contributed by atoms with van der Waals surface area (Å²) in [6, 6.07) is 13.5. The third-order valence-corrected chi connectivity index (χ3v) is 3.29. The summed E-state index contributed by atoms with van der Waals surface area (Å²) in [5.74, 6) is -0.784. The number of likely N-dealkylation sites (N-methyl/N-ethyl adjacent to an activating group) is 1. The van der Waals surface area contributed by atoms with E-state index in [9.17, 15) is 9.90 Å². The number of carboxylic acid groups (broad SMARTS) is 1. The molecule has 0 aliphatic rings. The van der Waals surface area contributed by atoms with E-state index in [1.54, 1.807) is 0 Å². The molecule has 0 aliphatic heterocycles. The van der Waals surface area contributed by atoms with Gasteiger partial charge >= 0.3 is 5.97 Å². The van der Waals surface area contributed by atoms with Gasteiger partial charge in [0, 0.05) is 18.1 Å². The van der Waals surface area contributed by atoms with Crippen molar-refractivity contribution >= 4 is 22.4 Å². The van der Waals surface area contributed by atoms with E-state index in [2.05, 4.69) is 0 Å². The van der Waals surface area contributed by atoms with Gasteiger partial charge in [-0.1, -0.05) is 43.3 Å². The van der Waals surface area contributed by atoms with Gasteiger partial charge in [-0.15, -0.1) is 0 Å². The topological polar surface area (TPSA) is 40.5 Å².